The minimum atomic E-state index is -1.35. The maximum Gasteiger partial charge on any atom is 0.408 e. The number of carbonyl (C=O) groups is 3. The summed E-state index contributed by atoms with van der Waals surface area (Å²) in [5.41, 5.74) is -0.0205. The van der Waals surface area contributed by atoms with Crippen molar-refractivity contribution in [1.29, 1.82) is 0 Å². The molecule has 0 radical (unpaired) electrons. The van der Waals surface area contributed by atoms with E-state index in [0.29, 0.717) is 0 Å². The monoisotopic (exact) mass is 409 g/mol. The lowest BCUT2D eigenvalue weighted by Crippen LogP contribution is -2.51. The number of esters is 2. The fourth-order valence-electron chi connectivity index (χ4n) is 2.21. The number of amides is 1. The molecule has 1 amide bonds. The van der Waals surface area contributed by atoms with Crippen LogP contribution in [0, 0.1) is 5.92 Å². The van der Waals surface area contributed by atoms with Gasteiger partial charge in [-0.1, -0.05) is 44.2 Å². The molecular formula is C21H31NO7. The third kappa shape index (κ3) is 8.95. The largest absolute Gasteiger partial charge is 0.459 e. The van der Waals surface area contributed by atoms with Crippen molar-refractivity contribution < 1.29 is 33.7 Å². The van der Waals surface area contributed by atoms with Gasteiger partial charge in [-0.15, -0.1) is 0 Å². The van der Waals surface area contributed by atoms with Crippen LogP contribution in [0.3, 0.4) is 0 Å². The summed E-state index contributed by atoms with van der Waals surface area (Å²) >= 11 is 0. The summed E-state index contributed by atoms with van der Waals surface area (Å²) in [6.45, 7) is 9.76. The highest BCUT2D eigenvalue weighted by atomic mass is 16.6. The van der Waals surface area contributed by atoms with Crippen molar-refractivity contribution in [3.63, 3.8) is 0 Å². The molecule has 0 saturated carbocycles. The zero-order valence-corrected chi connectivity index (χ0v) is 17.8. The summed E-state index contributed by atoms with van der Waals surface area (Å²) in [5.74, 6) is -2.05. The van der Waals surface area contributed by atoms with Gasteiger partial charge in [-0.25, -0.2) is 14.4 Å². The quantitative estimate of drug-likeness (QED) is 0.501. The van der Waals surface area contributed by atoms with Crippen molar-refractivity contribution in [2.75, 3.05) is 0 Å². The second kappa shape index (κ2) is 10.8. The van der Waals surface area contributed by atoms with Gasteiger partial charge in [0.2, 0.25) is 0 Å². The molecule has 0 unspecified atom stereocenters. The summed E-state index contributed by atoms with van der Waals surface area (Å²) in [7, 11) is 0. The van der Waals surface area contributed by atoms with E-state index in [1.807, 2.05) is 6.07 Å². The number of benzene rings is 1. The average molecular weight is 409 g/mol. The molecule has 29 heavy (non-hydrogen) atoms. The first-order chi connectivity index (χ1) is 13.4. The van der Waals surface area contributed by atoms with E-state index < -0.39 is 41.9 Å². The number of nitrogens with one attached hydrogen (secondary N) is 1. The van der Waals surface area contributed by atoms with Gasteiger partial charge in [-0.05, 0) is 39.2 Å². The van der Waals surface area contributed by atoms with Crippen LogP contribution < -0.4 is 5.32 Å². The Morgan fingerprint density at radius 3 is 2.14 bits per heavy atom. The molecule has 8 nitrogen and oxygen atoms in total. The van der Waals surface area contributed by atoms with Crippen LogP contribution in [0.5, 0.6) is 0 Å². The predicted octanol–water partition coefficient (Wildman–Crippen LogP) is 2.57. The molecule has 0 aromatic heterocycles. The zero-order chi connectivity index (χ0) is 22.2. The number of hydrogen-bond acceptors (Lipinski definition) is 7. The van der Waals surface area contributed by atoms with Crippen molar-refractivity contribution in [2.45, 2.75) is 72.0 Å². The molecule has 0 heterocycles. The fourth-order valence-corrected chi connectivity index (χ4v) is 2.21. The van der Waals surface area contributed by atoms with Gasteiger partial charge in [0.15, 0.2) is 12.1 Å². The number of aliphatic hydroxyl groups is 1. The number of rotatable bonds is 8. The van der Waals surface area contributed by atoms with E-state index in [9.17, 15) is 19.5 Å². The maximum atomic E-state index is 12.6. The highest BCUT2D eigenvalue weighted by Gasteiger charge is 2.34. The van der Waals surface area contributed by atoms with Gasteiger partial charge in [0.1, 0.15) is 18.3 Å². The molecule has 162 valence electrons. The summed E-state index contributed by atoms with van der Waals surface area (Å²) in [6, 6.07) is 7.70. The molecule has 0 fully saturated rings. The number of aliphatic hydroxyl groups excluding tert-OH is 1. The molecule has 8 heteroatoms. The van der Waals surface area contributed by atoms with Crippen LogP contribution in [-0.4, -0.2) is 47.0 Å². The van der Waals surface area contributed by atoms with E-state index in [1.54, 1.807) is 58.9 Å². The smallest absolute Gasteiger partial charge is 0.408 e. The molecule has 1 aromatic rings. The van der Waals surface area contributed by atoms with Crippen molar-refractivity contribution in [3.8, 4) is 0 Å². The summed E-state index contributed by atoms with van der Waals surface area (Å²) in [6.07, 6.45) is -3.29. The normalized spacial score (nSPS) is 14.5. The number of ether oxygens (including phenoxy) is 3. The molecule has 0 spiro atoms. The SMILES string of the molecule is CC(C)[C@@H](O)C(=O)O[C@H](C)[C@H](NC(=O)OC(C)(C)C)C(=O)OCc1ccccc1. The average Bonchev–Trinajstić information content (AvgIpc) is 2.62. The summed E-state index contributed by atoms with van der Waals surface area (Å²) < 4.78 is 15.6. The van der Waals surface area contributed by atoms with Gasteiger partial charge in [0.05, 0.1) is 0 Å². The van der Waals surface area contributed by atoms with E-state index in [1.165, 1.54) is 6.92 Å². The Bertz CT molecular complexity index is 682. The van der Waals surface area contributed by atoms with Crippen LogP contribution in [-0.2, 0) is 30.4 Å². The van der Waals surface area contributed by atoms with Gasteiger partial charge < -0.3 is 24.6 Å². The molecular weight excluding hydrogens is 378 g/mol. The molecule has 1 rings (SSSR count). The van der Waals surface area contributed by atoms with Gasteiger partial charge in [0.25, 0.3) is 0 Å². The third-order valence-electron chi connectivity index (χ3n) is 3.79. The Kier molecular flexibility index (Phi) is 9.10. The first kappa shape index (κ1) is 24.4. The molecule has 0 bridgehead atoms. The van der Waals surface area contributed by atoms with Gasteiger partial charge in [-0.3, -0.25) is 0 Å². The summed E-state index contributed by atoms with van der Waals surface area (Å²) in [5, 5.41) is 12.2. The Morgan fingerprint density at radius 2 is 1.62 bits per heavy atom. The van der Waals surface area contributed by atoms with Crippen LogP contribution in [0.15, 0.2) is 30.3 Å². The second-order valence-corrected chi connectivity index (χ2v) is 8.05. The van der Waals surface area contributed by atoms with Crippen LogP contribution in [0.2, 0.25) is 0 Å². The molecule has 0 aliphatic heterocycles. The highest BCUT2D eigenvalue weighted by Crippen LogP contribution is 2.12. The van der Waals surface area contributed by atoms with Crippen LogP contribution >= 0.6 is 0 Å². The highest BCUT2D eigenvalue weighted by molar-refractivity contribution is 5.83. The van der Waals surface area contributed by atoms with E-state index in [4.69, 9.17) is 14.2 Å². The van der Waals surface area contributed by atoms with Crippen molar-refractivity contribution >= 4 is 18.0 Å². The maximum absolute atomic E-state index is 12.6. The first-order valence-electron chi connectivity index (χ1n) is 9.49. The number of carbonyl (C=O) groups excluding carboxylic acids is 3. The van der Waals surface area contributed by atoms with Crippen molar-refractivity contribution in [3.05, 3.63) is 35.9 Å². The Hall–Kier alpha value is -2.61. The minimum absolute atomic E-state index is 0.0124. The third-order valence-corrected chi connectivity index (χ3v) is 3.79. The zero-order valence-electron chi connectivity index (χ0n) is 17.8. The lowest BCUT2D eigenvalue weighted by atomic mass is 10.1. The second-order valence-electron chi connectivity index (χ2n) is 8.05. The van der Waals surface area contributed by atoms with E-state index in [2.05, 4.69) is 5.32 Å². The molecule has 3 atom stereocenters. The molecule has 1 aromatic carbocycles. The molecule has 0 saturated heterocycles. The van der Waals surface area contributed by atoms with E-state index in [0.717, 1.165) is 5.56 Å². The molecule has 0 aliphatic rings. The Balaban J connectivity index is 2.87. The molecule has 0 aliphatic carbocycles. The number of hydrogen-bond donors (Lipinski definition) is 2. The van der Waals surface area contributed by atoms with Gasteiger partial charge in [0, 0.05) is 0 Å². The van der Waals surface area contributed by atoms with Crippen LogP contribution in [0.25, 0.3) is 0 Å². The Labute approximate surface area is 171 Å². The molecule has 2 N–H and O–H groups in total. The lowest BCUT2D eigenvalue weighted by molar-refractivity contribution is -0.166. The van der Waals surface area contributed by atoms with Crippen molar-refractivity contribution in [2.24, 2.45) is 5.92 Å². The fraction of sp³-hybridized carbons (Fsp3) is 0.571. The Morgan fingerprint density at radius 1 is 1.03 bits per heavy atom. The van der Waals surface area contributed by atoms with Crippen LogP contribution in [0.4, 0.5) is 4.79 Å². The standard InChI is InChI=1S/C21H31NO7/c1-13(2)17(23)19(25)28-14(3)16(22-20(26)29-21(4,5)6)18(24)27-12-15-10-8-7-9-11-15/h7-11,13-14,16-17,23H,12H2,1-6H3,(H,22,26)/t14-,16+,17-/m1/s1. The predicted molar refractivity (Wildman–Crippen MR) is 106 cm³/mol. The van der Waals surface area contributed by atoms with Gasteiger partial charge in [-0.2, -0.15) is 0 Å². The topological polar surface area (TPSA) is 111 Å². The first-order valence-corrected chi connectivity index (χ1v) is 9.49. The van der Waals surface area contributed by atoms with E-state index >= 15 is 0 Å². The van der Waals surface area contributed by atoms with Gasteiger partial charge >= 0.3 is 18.0 Å². The summed E-state index contributed by atoms with van der Waals surface area (Å²) in [4.78, 5) is 36.8. The van der Waals surface area contributed by atoms with E-state index in [-0.39, 0.29) is 12.5 Å². The minimum Gasteiger partial charge on any atom is -0.459 e. The van der Waals surface area contributed by atoms with Crippen LogP contribution in [0.1, 0.15) is 47.1 Å². The number of alkyl carbamates (subject to hydrolysis) is 1. The van der Waals surface area contributed by atoms with Crippen molar-refractivity contribution in [1.82, 2.24) is 5.32 Å². The lowest BCUT2D eigenvalue weighted by Gasteiger charge is -2.27.